The quantitative estimate of drug-likeness (QED) is 0.344. The van der Waals surface area contributed by atoms with E-state index >= 15 is 0 Å². The number of nitrogens with zero attached hydrogens (tertiary/aromatic N) is 5. The van der Waals surface area contributed by atoms with Crippen LogP contribution < -0.4 is 0 Å². The van der Waals surface area contributed by atoms with E-state index in [1.165, 1.54) is 16.0 Å². The molecule has 0 radical (unpaired) electrons. The Morgan fingerprint density at radius 1 is 1.05 bits per heavy atom. The zero-order chi connectivity index (χ0) is 28.0. The summed E-state index contributed by atoms with van der Waals surface area (Å²) in [5, 5.41) is 19.6. The van der Waals surface area contributed by atoms with Crippen molar-refractivity contribution in [3.8, 4) is 16.1 Å². The number of benzene rings is 2. The Labute approximate surface area is 238 Å². The SMILES string of the molecule is Cc1sc2c(c1C)C(c1ccc(-c3cccc(CN4CCOCC4)c3)cc1)=N[C@@H](C(C)C(=O)O)c1nnc(C)n1-2. The highest BCUT2D eigenvalue weighted by molar-refractivity contribution is 7.15. The second-order valence-corrected chi connectivity index (χ2v) is 11.8. The number of aliphatic imine (C=N–C) groups is 1. The van der Waals surface area contributed by atoms with E-state index in [1.807, 2.05) is 11.5 Å². The standard InChI is InChI=1S/C31H33N5O3S/c1-18-20(3)40-30-26(18)28(32-27(19(2)31(37)38)29-34-33-21(4)36(29)30)24-10-8-23(9-11-24)25-7-5-6-22(16-25)17-35-12-14-39-15-13-35/h5-11,16,19,27H,12-15,17H2,1-4H3,(H,37,38)/t19?,27-/m0/s1. The molecule has 9 heteroatoms. The molecule has 206 valence electrons. The normalized spacial score (nSPS) is 18.0. The van der Waals surface area contributed by atoms with E-state index in [1.54, 1.807) is 18.3 Å². The number of aliphatic carboxylic acids is 1. The smallest absolute Gasteiger partial charge is 0.308 e. The van der Waals surface area contributed by atoms with Crippen molar-refractivity contribution in [3.05, 3.63) is 87.3 Å². The second-order valence-electron chi connectivity index (χ2n) is 10.6. The average Bonchev–Trinajstić information content (AvgIpc) is 3.43. The number of ether oxygens (including phenoxy) is 1. The van der Waals surface area contributed by atoms with Gasteiger partial charge in [-0.1, -0.05) is 42.5 Å². The molecule has 1 N–H and O–H groups in total. The lowest BCUT2D eigenvalue weighted by molar-refractivity contribution is -0.141. The van der Waals surface area contributed by atoms with Crippen LogP contribution in [-0.2, 0) is 16.1 Å². The predicted octanol–water partition coefficient (Wildman–Crippen LogP) is 5.37. The van der Waals surface area contributed by atoms with Gasteiger partial charge in [-0.2, -0.15) is 0 Å². The highest BCUT2D eigenvalue weighted by atomic mass is 32.1. The van der Waals surface area contributed by atoms with Crippen molar-refractivity contribution in [1.29, 1.82) is 0 Å². The van der Waals surface area contributed by atoms with Crippen molar-refractivity contribution in [2.75, 3.05) is 26.3 Å². The Hall–Kier alpha value is -3.66. The molecule has 2 aromatic carbocycles. The summed E-state index contributed by atoms with van der Waals surface area (Å²) in [4.78, 5) is 20.9. The predicted molar refractivity (Wildman–Crippen MR) is 157 cm³/mol. The second kappa shape index (κ2) is 10.7. The van der Waals surface area contributed by atoms with Gasteiger partial charge in [0.1, 0.15) is 16.9 Å². The molecule has 0 bridgehead atoms. The number of rotatable bonds is 6. The molecule has 4 heterocycles. The van der Waals surface area contributed by atoms with Gasteiger partial charge in [-0.25, -0.2) is 0 Å². The van der Waals surface area contributed by atoms with E-state index < -0.39 is 17.9 Å². The first-order chi connectivity index (χ1) is 19.3. The summed E-state index contributed by atoms with van der Waals surface area (Å²) in [6, 6.07) is 16.5. The van der Waals surface area contributed by atoms with E-state index in [-0.39, 0.29) is 0 Å². The number of aryl methyl sites for hydroxylation is 2. The first kappa shape index (κ1) is 26.6. The number of hydrogen-bond donors (Lipinski definition) is 1. The molecule has 2 aliphatic heterocycles. The Morgan fingerprint density at radius 2 is 1.77 bits per heavy atom. The molecule has 1 fully saturated rings. The molecule has 40 heavy (non-hydrogen) atoms. The van der Waals surface area contributed by atoms with Crippen LogP contribution in [0.2, 0.25) is 0 Å². The molecule has 1 unspecified atom stereocenters. The Bertz CT molecular complexity index is 1600. The van der Waals surface area contributed by atoms with Crippen LogP contribution in [0.5, 0.6) is 0 Å². The lowest BCUT2D eigenvalue weighted by Crippen LogP contribution is -2.35. The first-order valence-electron chi connectivity index (χ1n) is 13.6. The summed E-state index contributed by atoms with van der Waals surface area (Å²) in [5.74, 6) is -0.380. The molecule has 6 rings (SSSR count). The van der Waals surface area contributed by atoms with Crippen molar-refractivity contribution >= 4 is 23.0 Å². The number of hydrogen-bond acceptors (Lipinski definition) is 7. The molecule has 0 spiro atoms. The van der Waals surface area contributed by atoms with Gasteiger partial charge in [0, 0.05) is 35.6 Å². The third-order valence-electron chi connectivity index (χ3n) is 7.98. The van der Waals surface area contributed by atoms with Crippen LogP contribution in [-0.4, -0.2) is 62.8 Å². The van der Waals surface area contributed by atoms with Gasteiger partial charge in [0.25, 0.3) is 0 Å². The Kier molecular flexibility index (Phi) is 7.12. The highest BCUT2D eigenvalue weighted by Gasteiger charge is 2.36. The summed E-state index contributed by atoms with van der Waals surface area (Å²) in [5.41, 5.74) is 7.50. The third-order valence-corrected chi connectivity index (χ3v) is 9.17. The monoisotopic (exact) mass is 555 g/mol. The molecule has 0 saturated carbocycles. The van der Waals surface area contributed by atoms with Crippen LogP contribution in [0, 0.1) is 26.7 Å². The molecular formula is C31H33N5O3S. The van der Waals surface area contributed by atoms with Crippen LogP contribution in [0.4, 0.5) is 0 Å². The largest absolute Gasteiger partial charge is 0.481 e. The molecule has 0 amide bonds. The van der Waals surface area contributed by atoms with Gasteiger partial charge >= 0.3 is 5.97 Å². The number of morpholine rings is 1. The first-order valence-corrected chi connectivity index (χ1v) is 14.5. The maximum absolute atomic E-state index is 12.1. The number of aromatic nitrogens is 3. The molecule has 4 aromatic rings. The average molecular weight is 556 g/mol. The topological polar surface area (TPSA) is 92.8 Å². The summed E-state index contributed by atoms with van der Waals surface area (Å²) in [6.07, 6.45) is 0. The van der Waals surface area contributed by atoms with Crippen molar-refractivity contribution < 1.29 is 14.6 Å². The zero-order valence-corrected chi connectivity index (χ0v) is 24.0. The fourth-order valence-corrected chi connectivity index (χ4v) is 6.72. The third kappa shape index (κ3) is 4.78. The molecule has 0 aliphatic carbocycles. The van der Waals surface area contributed by atoms with Gasteiger partial charge in [0.15, 0.2) is 5.82 Å². The maximum atomic E-state index is 12.1. The van der Waals surface area contributed by atoms with Crippen LogP contribution in [0.3, 0.4) is 0 Å². The molecule has 2 aromatic heterocycles. The lowest BCUT2D eigenvalue weighted by atomic mass is 9.96. The minimum absolute atomic E-state index is 0.568. The molecule has 2 aliphatic rings. The van der Waals surface area contributed by atoms with Gasteiger partial charge in [-0.3, -0.25) is 19.3 Å². The number of carboxylic acid groups (broad SMARTS) is 1. The molecular weight excluding hydrogens is 522 g/mol. The minimum atomic E-state index is -0.911. The number of fused-ring (bicyclic) bond motifs is 3. The van der Waals surface area contributed by atoms with Crippen LogP contribution in [0.1, 0.15) is 51.7 Å². The number of carbonyl (C=O) groups is 1. The summed E-state index contributed by atoms with van der Waals surface area (Å²) in [6.45, 7) is 12.2. The van der Waals surface area contributed by atoms with Gasteiger partial charge in [-0.05, 0) is 56.0 Å². The van der Waals surface area contributed by atoms with Crippen LogP contribution in [0.15, 0.2) is 53.5 Å². The Morgan fingerprint density at radius 3 is 2.50 bits per heavy atom. The number of carboxylic acids is 1. The van der Waals surface area contributed by atoms with E-state index in [2.05, 4.69) is 77.5 Å². The minimum Gasteiger partial charge on any atom is -0.481 e. The fourth-order valence-electron chi connectivity index (χ4n) is 5.50. The highest BCUT2D eigenvalue weighted by Crippen LogP contribution is 2.40. The van der Waals surface area contributed by atoms with E-state index in [4.69, 9.17) is 9.73 Å². The van der Waals surface area contributed by atoms with Gasteiger partial charge in [0.05, 0.1) is 24.8 Å². The summed E-state index contributed by atoms with van der Waals surface area (Å²) < 4.78 is 7.49. The van der Waals surface area contributed by atoms with Crippen LogP contribution >= 0.6 is 11.3 Å². The zero-order valence-electron chi connectivity index (χ0n) is 23.2. The van der Waals surface area contributed by atoms with E-state index in [0.29, 0.717) is 5.82 Å². The van der Waals surface area contributed by atoms with E-state index in [9.17, 15) is 9.90 Å². The van der Waals surface area contributed by atoms with Crippen molar-refractivity contribution in [3.63, 3.8) is 0 Å². The molecule has 1 saturated heterocycles. The van der Waals surface area contributed by atoms with Crippen molar-refractivity contribution in [2.45, 2.75) is 40.3 Å². The Balaban J connectivity index is 1.39. The maximum Gasteiger partial charge on any atom is 0.308 e. The molecule has 8 nitrogen and oxygen atoms in total. The van der Waals surface area contributed by atoms with Gasteiger partial charge in [0.2, 0.25) is 0 Å². The van der Waals surface area contributed by atoms with E-state index in [0.717, 1.165) is 71.6 Å². The summed E-state index contributed by atoms with van der Waals surface area (Å²) >= 11 is 1.67. The van der Waals surface area contributed by atoms with Crippen molar-refractivity contribution in [2.24, 2.45) is 10.9 Å². The lowest BCUT2D eigenvalue weighted by Gasteiger charge is -2.26. The fraction of sp³-hybridized carbons (Fsp3) is 0.355. The van der Waals surface area contributed by atoms with Gasteiger partial charge < -0.3 is 9.84 Å². The summed E-state index contributed by atoms with van der Waals surface area (Å²) in [7, 11) is 0. The molecule has 2 atom stereocenters. The van der Waals surface area contributed by atoms with Gasteiger partial charge in [-0.15, -0.1) is 21.5 Å². The van der Waals surface area contributed by atoms with Crippen molar-refractivity contribution in [1.82, 2.24) is 19.7 Å². The number of thiophene rings is 1. The van der Waals surface area contributed by atoms with Crippen LogP contribution in [0.25, 0.3) is 16.1 Å².